The Morgan fingerprint density at radius 3 is 2.60 bits per heavy atom. The van der Waals surface area contributed by atoms with Crippen LogP contribution >= 0.6 is 0 Å². The highest BCUT2D eigenvalue weighted by Crippen LogP contribution is 2.67. The molecule has 2 N–H and O–H groups in total. The molecule has 2 bridgehead atoms. The van der Waals surface area contributed by atoms with Crippen LogP contribution in [0, 0.1) is 11.3 Å². The fourth-order valence-corrected chi connectivity index (χ4v) is 5.52. The van der Waals surface area contributed by atoms with Gasteiger partial charge in [0.25, 0.3) is 0 Å². The smallest absolute Gasteiger partial charge is 0.317 e. The lowest BCUT2D eigenvalue weighted by Crippen LogP contribution is -2.77. The van der Waals surface area contributed by atoms with Crippen LogP contribution in [-0.2, 0) is 14.9 Å². The Kier molecular flexibility index (Phi) is 2.89. The first-order valence-corrected chi connectivity index (χ1v) is 8.91. The minimum atomic E-state index is -0.723. The predicted octanol–water partition coefficient (Wildman–Crippen LogP) is 1.60. The molecule has 1 aromatic rings. The lowest BCUT2D eigenvalue weighted by Gasteiger charge is -2.67. The first-order valence-electron chi connectivity index (χ1n) is 8.91. The number of carbonyl (C=O) groups excluding carboxylic acids is 1. The maximum absolute atomic E-state index is 12.8. The van der Waals surface area contributed by atoms with E-state index < -0.39 is 11.4 Å². The number of amides is 2. The molecule has 6 nitrogen and oxygen atoms in total. The second-order valence-corrected chi connectivity index (χ2v) is 8.44. The predicted molar refractivity (Wildman–Crippen MR) is 89.2 cm³/mol. The lowest BCUT2D eigenvalue weighted by molar-refractivity contribution is -0.196. The van der Waals surface area contributed by atoms with Gasteiger partial charge in [0.05, 0.1) is 18.6 Å². The maximum atomic E-state index is 12.8. The second kappa shape index (κ2) is 4.75. The highest BCUT2D eigenvalue weighted by atomic mass is 16.5. The Morgan fingerprint density at radius 2 is 1.92 bits per heavy atom. The van der Waals surface area contributed by atoms with Crippen molar-refractivity contribution < 1.29 is 19.4 Å². The number of hydrogen-bond donors (Lipinski definition) is 2. The van der Waals surface area contributed by atoms with E-state index in [4.69, 9.17) is 4.74 Å². The van der Waals surface area contributed by atoms with Gasteiger partial charge in [-0.15, -0.1) is 0 Å². The van der Waals surface area contributed by atoms with Crippen LogP contribution in [0.4, 0.5) is 4.79 Å². The van der Waals surface area contributed by atoms with Crippen molar-refractivity contribution in [1.29, 1.82) is 0 Å². The summed E-state index contributed by atoms with van der Waals surface area (Å²) in [7, 11) is 0. The molecular formula is C19H22N2O4. The summed E-state index contributed by atoms with van der Waals surface area (Å²) in [5, 5.41) is 12.3. The summed E-state index contributed by atoms with van der Waals surface area (Å²) >= 11 is 0. The molecular weight excluding hydrogens is 320 g/mol. The number of hydrogen-bond acceptors (Lipinski definition) is 3. The third kappa shape index (κ3) is 1.94. The number of rotatable bonds is 3. The van der Waals surface area contributed by atoms with Crippen molar-refractivity contribution in [2.24, 2.45) is 11.3 Å². The van der Waals surface area contributed by atoms with Gasteiger partial charge < -0.3 is 20.1 Å². The van der Waals surface area contributed by atoms with Crippen molar-refractivity contribution in [2.45, 2.75) is 30.2 Å². The summed E-state index contributed by atoms with van der Waals surface area (Å²) in [6.45, 7) is 2.69. The highest BCUT2D eigenvalue weighted by Gasteiger charge is 2.73. The molecule has 5 fully saturated rings. The molecule has 6 rings (SSSR count). The quantitative estimate of drug-likeness (QED) is 0.875. The normalized spacial score (nSPS) is 40.8. The third-order valence-electron chi connectivity index (χ3n) is 6.87. The van der Waals surface area contributed by atoms with Crippen molar-refractivity contribution in [3.05, 3.63) is 35.9 Å². The van der Waals surface area contributed by atoms with Crippen LogP contribution in [0.2, 0.25) is 0 Å². The molecule has 2 aliphatic heterocycles. The number of benzene rings is 1. The number of likely N-dealkylation sites (tertiary alicyclic amines) is 1. The average molecular weight is 342 g/mol. The topological polar surface area (TPSA) is 78.9 Å². The minimum absolute atomic E-state index is 0.0524. The average Bonchev–Trinajstić information content (AvgIpc) is 3.07. The number of nitrogens with one attached hydrogen (secondary N) is 1. The van der Waals surface area contributed by atoms with Crippen molar-refractivity contribution in [3.8, 4) is 0 Å². The van der Waals surface area contributed by atoms with Gasteiger partial charge in [0, 0.05) is 30.0 Å². The molecule has 0 unspecified atom stereocenters. The SMILES string of the molecule is O=C(NC12CC(C(=O)O)(C1)C2)N1C[C@@H]2COC[C@]2(c2ccccc2)C1. The maximum Gasteiger partial charge on any atom is 0.317 e. The summed E-state index contributed by atoms with van der Waals surface area (Å²) in [5.41, 5.74) is 0.292. The van der Waals surface area contributed by atoms with Crippen LogP contribution in [-0.4, -0.2) is 53.8 Å². The zero-order valence-electron chi connectivity index (χ0n) is 14.0. The van der Waals surface area contributed by atoms with Crippen LogP contribution in [0.5, 0.6) is 0 Å². The number of fused-ring (bicyclic) bond motifs is 1. The lowest BCUT2D eigenvalue weighted by atomic mass is 9.39. The molecule has 6 heteroatoms. The molecule has 0 radical (unpaired) electrons. The van der Waals surface area contributed by atoms with Crippen molar-refractivity contribution in [1.82, 2.24) is 10.2 Å². The van der Waals surface area contributed by atoms with Crippen LogP contribution in [0.25, 0.3) is 0 Å². The highest BCUT2D eigenvalue weighted by molar-refractivity contribution is 5.83. The van der Waals surface area contributed by atoms with E-state index in [-0.39, 0.29) is 17.0 Å². The summed E-state index contributed by atoms with van der Waals surface area (Å²) in [6, 6.07) is 10.3. The molecule has 132 valence electrons. The molecule has 25 heavy (non-hydrogen) atoms. The van der Waals surface area contributed by atoms with E-state index in [1.54, 1.807) is 0 Å². The van der Waals surface area contributed by atoms with E-state index >= 15 is 0 Å². The number of nitrogens with zero attached hydrogens (tertiary/aromatic N) is 1. The number of carbonyl (C=O) groups is 2. The van der Waals surface area contributed by atoms with Crippen LogP contribution in [0.15, 0.2) is 30.3 Å². The number of urea groups is 1. The Morgan fingerprint density at radius 1 is 1.20 bits per heavy atom. The molecule has 2 heterocycles. The van der Waals surface area contributed by atoms with E-state index in [1.165, 1.54) is 5.56 Å². The standard InChI is InChI=1S/C19H22N2O4/c22-15(23)17-8-18(9-17,10-17)20-16(24)21-6-14-7-25-12-19(14,11-21)13-4-2-1-3-5-13/h1-5,14H,6-12H2,(H,20,24)(H,22,23)/t14-,17?,18?,19+/m1/s1. The molecule has 1 aromatic carbocycles. The van der Waals surface area contributed by atoms with Gasteiger partial charge in [0.1, 0.15) is 0 Å². The van der Waals surface area contributed by atoms with Crippen LogP contribution in [0.1, 0.15) is 24.8 Å². The summed E-state index contributed by atoms with van der Waals surface area (Å²) < 4.78 is 5.75. The molecule has 3 saturated carbocycles. The Bertz CT molecular complexity index is 729. The van der Waals surface area contributed by atoms with E-state index in [0.29, 0.717) is 51.5 Å². The van der Waals surface area contributed by atoms with Gasteiger partial charge in [0.15, 0.2) is 0 Å². The van der Waals surface area contributed by atoms with Crippen LogP contribution in [0.3, 0.4) is 0 Å². The summed E-state index contributed by atoms with van der Waals surface area (Å²) in [4.78, 5) is 25.9. The Labute approximate surface area is 146 Å². The molecule has 5 aliphatic rings. The van der Waals surface area contributed by atoms with Crippen molar-refractivity contribution >= 4 is 12.0 Å². The third-order valence-corrected chi connectivity index (χ3v) is 6.87. The van der Waals surface area contributed by atoms with E-state index in [9.17, 15) is 14.7 Å². The summed E-state index contributed by atoms with van der Waals surface area (Å²) in [6.07, 6.45) is 1.72. The Balaban J connectivity index is 1.29. The van der Waals surface area contributed by atoms with Crippen molar-refractivity contribution in [3.63, 3.8) is 0 Å². The van der Waals surface area contributed by atoms with E-state index in [1.807, 2.05) is 23.1 Å². The molecule has 0 spiro atoms. The fraction of sp³-hybridized carbons (Fsp3) is 0.579. The number of aliphatic carboxylic acids is 1. The zero-order chi connectivity index (χ0) is 17.3. The molecule has 3 aliphatic carbocycles. The largest absolute Gasteiger partial charge is 0.481 e. The van der Waals surface area contributed by atoms with Gasteiger partial charge in [-0.05, 0) is 24.8 Å². The van der Waals surface area contributed by atoms with Crippen LogP contribution < -0.4 is 5.32 Å². The van der Waals surface area contributed by atoms with E-state index in [0.717, 1.165) is 0 Å². The van der Waals surface area contributed by atoms with Crippen molar-refractivity contribution in [2.75, 3.05) is 26.3 Å². The van der Waals surface area contributed by atoms with E-state index in [2.05, 4.69) is 17.4 Å². The first kappa shape index (κ1) is 15.2. The molecule has 2 saturated heterocycles. The Hall–Kier alpha value is -2.08. The number of ether oxygens (including phenoxy) is 1. The number of carboxylic acid groups (broad SMARTS) is 1. The summed E-state index contributed by atoms with van der Waals surface area (Å²) in [5.74, 6) is -0.404. The van der Waals surface area contributed by atoms with Gasteiger partial charge >= 0.3 is 12.0 Å². The van der Waals surface area contributed by atoms with Gasteiger partial charge in [-0.1, -0.05) is 30.3 Å². The van der Waals surface area contributed by atoms with Gasteiger partial charge in [-0.25, -0.2) is 4.79 Å². The first-order chi connectivity index (χ1) is 12.0. The fourth-order valence-electron chi connectivity index (χ4n) is 5.52. The minimum Gasteiger partial charge on any atom is -0.481 e. The number of carboxylic acids is 1. The van der Waals surface area contributed by atoms with Gasteiger partial charge in [-0.3, -0.25) is 4.79 Å². The molecule has 2 amide bonds. The van der Waals surface area contributed by atoms with Gasteiger partial charge in [-0.2, -0.15) is 0 Å². The van der Waals surface area contributed by atoms with Gasteiger partial charge in [0.2, 0.25) is 0 Å². The molecule has 2 atom stereocenters. The second-order valence-electron chi connectivity index (χ2n) is 8.44. The monoisotopic (exact) mass is 342 g/mol. The zero-order valence-corrected chi connectivity index (χ0v) is 14.0. The molecule has 0 aromatic heterocycles.